The van der Waals surface area contributed by atoms with Gasteiger partial charge in [0.15, 0.2) is 5.96 Å². The Kier molecular flexibility index (Phi) is 7.13. The molecule has 1 aliphatic heterocycles. The number of nitrogens with zero attached hydrogens (tertiary/aromatic N) is 4. The van der Waals surface area contributed by atoms with Gasteiger partial charge in [0.2, 0.25) is 0 Å². The number of nitrogens with one attached hydrogen (secondary N) is 1. The third-order valence-electron chi connectivity index (χ3n) is 4.78. The Labute approximate surface area is 166 Å². The van der Waals surface area contributed by atoms with E-state index in [2.05, 4.69) is 27.2 Å². The predicted molar refractivity (Wildman–Crippen MR) is 108 cm³/mol. The Bertz CT molecular complexity index is 755. The molecule has 0 unspecified atom stereocenters. The minimum atomic E-state index is 0.550. The van der Waals surface area contributed by atoms with Crippen LogP contribution in [0.25, 0.3) is 0 Å². The molecule has 8 heteroatoms. The molecule has 1 aromatic carbocycles. The molecule has 0 atom stereocenters. The Hall–Kier alpha value is -2.74. The number of hydrogen-bond acceptors (Lipinski definition) is 6. The summed E-state index contributed by atoms with van der Waals surface area (Å²) < 4.78 is 15.7. The number of hydrogen-bond donors (Lipinski definition) is 1. The Morgan fingerprint density at radius 2 is 2.00 bits per heavy atom. The molecule has 1 N–H and O–H groups in total. The fourth-order valence-corrected chi connectivity index (χ4v) is 3.23. The van der Waals surface area contributed by atoms with Gasteiger partial charge < -0.3 is 24.2 Å². The molecule has 0 radical (unpaired) electrons. The number of methoxy groups -OCH3 is 2. The van der Waals surface area contributed by atoms with E-state index < -0.39 is 0 Å². The molecule has 2 aromatic rings. The number of ether oxygens (including phenoxy) is 2. The van der Waals surface area contributed by atoms with Crippen molar-refractivity contribution in [1.82, 2.24) is 20.3 Å². The van der Waals surface area contributed by atoms with Crippen LogP contribution in [-0.4, -0.2) is 67.9 Å². The molecule has 1 fully saturated rings. The van der Waals surface area contributed by atoms with E-state index in [0.29, 0.717) is 6.54 Å². The number of aromatic nitrogens is 1. The van der Waals surface area contributed by atoms with Gasteiger partial charge in [-0.1, -0.05) is 5.16 Å². The maximum Gasteiger partial charge on any atom is 0.194 e. The van der Waals surface area contributed by atoms with Crippen molar-refractivity contribution < 1.29 is 14.0 Å². The molecular formula is C20H29N5O3. The summed E-state index contributed by atoms with van der Waals surface area (Å²) in [6, 6.07) is 7.74. The number of rotatable bonds is 7. The van der Waals surface area contributed by atoms with Crippen LogP contribution in [0, 0.1) is 0 Å². The first-order valence-electron chi connectivity index (χ1n) is 9.59. The van der Waals surface area contributed by atoms with Gasteiger partial charge in [0, 0.05) is 57.0 Å². The van der Waals surface area contributed by atoms with E-state index in [1.807, 2.05) is 24.3 Å². The Balaban J connectivity index is 1.62. The predicted octanol–water partition coefficient (Wildman–Crippen LogP) is 1.98. The van der Waals surface area contributed by atoms with Crippen molar-refractivity contribution in [3.8, 4) is 11.5 Å². The summed E-state index contributed by atoms with van der Waals surface area (Å²) in [5.41, 5.74) is 2.00. The van der Waals surface area contributed by atoms with Crippen molar-refractivity contribution in [1.29, 1.82) is 0 Å². The smallest absolute Gasteiger partial charge is 0.194 e. The van der Waals surface area contributed by atoms with Crippen LogP contribution in [0.1, 0.15) is 18.2 Å². The number of piperazine rings is 1. The topological polar surface area (TPSA) is 75.4 Å². The molecule has 0 saturated carbocycles. The molecular weight excluding hydrogens is 358 g/mol. The fraction of sp³-hybridized carbons (Fsp3) is 0.500. The van der Waals surface area contributed by atoms with E-state index in [1.165, 1.54) is 0 Å². The number of guanidine groups is 1. The largest absolute Gasteiger partial charge is 0.497 e. The molecule has 28 heavy (non-hydrogen) atoms. The molecule has 8 nitrogen and oxygen atoms in total. The van der Waals surface area contributed by atoms with Crippen molar-refractivity contribution in [3.05, 3.63) is 41.8 Å². The highest BCUT2D eigenvalue weighted by Crippen LogP contribution is 2.25. The van der Waals surface area contributed by atoms with E-state index in [0.717, 1.165) is 68.0 Å². The number of benzene rings is 1. The lowest BCUT2D eigenvalue weighted by Gasteiger charge is -2.36. The van der Waals surface area contributed by atoms with Crippen LogP contribution < -0.4 is 14.8 Å². The lowest BCUT2D eigenvalue weighted by atomic mass is 10.2. The second-order valence-corrected chi connectivity index (χ2v) is 6.60. The zero-order chi connectivity index (χ0) is 19.8. The standard InChI is InChI=1S/C20H29N5O3/c1-4-21-20(22-14-16-5-6-18(26-2)13-19(16)27-3)25-10-8-24(9-11-25)15-17-7-12-28-23-17/h5-7,12-13H,4,8-11,14-15H2,1-3H3,(H,21,22). The first kappa shape index (κ1) is 20.0. The SMILES string of the molecule is CCNC(=NCc1ccc(OC)cc1OC)N1CCN(Cc2ccon2)CC1. The molecule has 1 aromatic heterocycles. The van der Waals surface area contributed by atoms with E-state index in [1.54, 1.807) is 20.5 Å². The highest BCUT2D eigenvalue weighted by atomic mass is 16.5. The van der Waals surface area contributed by atoms with Gasteiger partial charge in [0.1, 0.15) is 17.8 Å². The van der Waals surface area contributed by atoms with Crippen LogP contribution in [-0.2, 0) is 13.1 Å². The summed E-state index contributed by atoms with van der Waals surface area (Å²) in [4.78, 5) is 9.52. The van der Waals surface area contributed by atoms with Gasteiger partial charge in [-0.2, -0.15) is 0 Å². The average molecular weight is 387 g/mol. The Morgan fingerprint density at radius 3 is 2.64 bits per heavy atom. The summed E-state index contributed by atoms with van der Waals surface area (Å²) in [6.45, 7) is 8.05. The molecule has 0 aliphatic carbocycles. The maximum atomic E-state index is 5.49. The average Bonchev–Trinajstić information content (AvgIpc) is 3.24. The van der Waals surface area contributed by atoms with Crippen LogP contribution in [0.4, 0.5) is 0 Å². The van der Waals surface area contributed by atoms with E-state index in [9.17, 15) is 0 Å². The van der Waals surface area contributed by atoms with Gasteiger partial charge in [0.05, 0.1) is 26.5 Å². The monoisotopic (exact) mass is 387 g/mol. The first-order chi connectivity index (χ1) is 13.7. The van der Waals surface area contributed by atoms with Gasteiger partial charge in [0.25, 0.3) is 0 Å². The van der Waals surface area contributed by atoms with Crippen LogP contribution in [0.5, 0.6) is 11.5 Å². The minimum absolute atomic E-state index is 0.550. The van der Waals surface area contributed by atoms with E-state index in [4.69, 9.17) is 19.0 Å². The highest BCUT2D eigenvalue weighted by molar-refractivity contribution is 5.80. The van der Waals surface area contributed by atoms with Gasteiger partial charge >= 0.3 is 0 Å². The van der Waals surface area contributed by atoms with Gasteiger partial charge in [-0.25, -0.2) is 4.99 Å². The molecule has 1 aliphatic rings. The summed E-state index contributed by atoms with van der Waals surface area (Å²) >= 11 is 0. The zero-order valence-corrected chi connectivity index (χ0v) is 16.9. The highest BCUT2D eigenvalue weighted by Gasteiger charge is 2.20. The van der Waals surface area contributed by atoms with Gasteiger partial charge in [-0.05, 0) is 19.1 Å². The summed E-state index contributed by atoms with van der Waals surface area (Å²) in [6.07, 6.45) is 1.62. The number of aliphatic imine (C=N–C) groups is 1. The molecule has 3 rings (SSSR count). The van der Waals surface area contributed by atoms with Crippen molar-refractivity contribution in [2.45, 2.75) is 20.0 Å². The van der Waals surface area contributed by atoms with E-state index in [-0.39, 0.29) is 0 Å². The Morgan fingerprint density at radius 1 is 1.18 bits per heavy atom. The molecule has 0 amide bonds. The van der Waals surface area contributed by atoms with Crippen molar-refractivity contribution in [2.75, 3.05) is 46.9 Å². The minimum Gasteiger partial charge on any atom is -0.497 e. The zero-order valence-electron chi connectivity index (χ0n) is 16.9. The summed E-state index contributed by atoms with van der Waals surface area (Å²) in [5, 5.41) is 7.41. The molecule has 0 spiro atoms. The van der Waals surface area contributed by atoms with Crippen molar-refractivity contribution >= 4 is 5.96 Å². The van der Waals surface area contributed by atoms with E-state index >= 15 is 0 Å². The maximum absolute atomic E-state index is 5.49. The van der Waals surface area contributed by atoms with Crippen molar-refractivity contribution in [3.63, 3.8) is 0 Å². The van der Waals surface area contributed by atoms with Crippen LogP contribution in [0.2, 0.25) is 0 Å². The lowest BCUT2D eigenvalue weighted by molar-refractivity contribution is 0.169. The lowest BCUT2D eigenvalue weighted by Crippen LogP contribution is -2.52. The molecule has 2 heterocycles. The summed E-state index contributed by atoms with van der Waals surface area (Å²) in [7, 11) is 3.32. The first-order valence-corrected chi connectivity index (χ1v) is 9.59. The van der Waals surface area contributed by atoms with Crippen LogP contribution in [0.15, 0.2) is 40.0 Å². The van der Waals surface area contributed by atoms with Crippen LogP contribution in [0.3, 0.4) is 0 Å². The normalized spacial score (nSPS) is 15.5. The third-order valence-corrected chi connectivity index (χ3v) is 4.78. The second-order valence-electron chi connectivity index (χ2n) is 6.60. The van der Waals surface area contributed by atoms with Crippen LogP contribution >= 0.6 is 0 Å². The van der Waals surface area contributed by atoms with Crippen molar-refractivity contribution in [2.24, 2.45) is 4.99 Å². The fourth-order valence-electron chi connectivity index (χ4n) is 3.23. The van der Waals surface area contributed by atoms with Gasteiger partial charge in [-0.15, -0.1) is 0 Å². The molecule has 152 valence electrons. The quantitative estimate of drug-likeness (QED) is 0.575. The third kappa shape index (κ3) is 5.16. The molecule has 0 bridgehead atoms. The molecule has 1 saturated heterocycles. The second kappa shape index (κ2) is 9.98. The van der Waals surface area contributed by atoms with Gasteiger partial charge in [-0.3, -0.25) is 4.90 Å². The summed E-state index contributed by atoms with van der Waals surface area (Å²) in [5.74, 6) is 2.50.